The maximum atomic E-state index is 2.56. The number of hydrogen-bond donors (Lipinski definition) is 0. The van der Waals surface area contributed by atoms with Gasteiger partial charge in [-0.05, 0) is 44.8 Å². The molecule has 1 fully saturated rings. The maximum Gasteiger partial charge on any atom is 0.0222 e. The predicted molar refractivity (Wildman–Crippen MR) is 83.9 cm³/mol. The van der Waals surface area contributed by atoms with Crippen molar-refractivity contribution in [2.24, 2.45) is 5.41 Å². The molecule has 0 spiro atoms. The molecule has 0 aromatic carbocycles. The Balaban J connectivity index is 2.22. The molecule has 0 radical (unpaired) electrons. The minimum absolute atomic E-state index is 0.366. The predicted octanol–water partition coefficient (Wildman–Crippen LogP) is 4.68. The fourth-order valence-corrected chi connectivity index (χ4v) is 4.29. The van der Waals surface area contributed by atoms with Crippen LogP contribution in [0.15, 0.2) is 0 Å². The fraction of sp³-hybridized carbons (Fsp3) is 1.00. The van der Waals surface area contributed by atoms with Crippen molar-refractivity contribution in [1.82, 2.24) is 4.31 Å². The van der Waals surface area contributed by atoms with Crippen molar-refractivity contribution in [3.05, 3.63) is 0 Å². The van der Waals surface area contributed by atoms with Gasteiger partial charge >= 0.3 is 0 Å². The van der Waals surface area contributed by atoms with Crippen molar-refractivity contribution in [2.45, 2.75) is 64.4 Å². The van der Waals surface area contributed by atoms with Gasteiger partial charge in [-0.2, -0.15) is 11.8 Å². The summed E-state index contributed by atoms with van der Waals surface area (Å²) in [7, 11) is 0. The highest BCUT2D eigenvalue weighted by molar-refractivity contribution is 8.00. The van der Waals surface area contributed by atoms with Gasteiger partial charge in [-0.15, -0.1) is 0 Å². The summed E-state index contributed by atoms with van der Waals surface area (Å²) in [6.45, 7) is 16.5. The molecule has 1 aliphatic heterocycles. The van der Waals surface area contributed by atoms with Crippen LogP contribution in [-0.2, 0) is 0 Å². The molecule has 1 aliphatic rings. The Bertz CT molecular complexity index is 219. The molecule has 0 unspecified atom stereocenters. The minimum atomic E-state index is 0.366. The van der Waals surface area contributed by atoms with Crippen molar-refractivity contribution >= 4 is 23.7 Å². The molecule has 1 nitrogen and oxygen atoms in total. The Morgan fingerprint density at radius 1 is 1.00 bits per heavy atom. The van der Waals surface area contributed by atoms with E-state index in [0.717, 1.165) is 5.25 Å². The molecular weight excluding hydrogens is 246 g/mol. The second kappa shape index (κ2) is 6.21. The van der Waals surface area contributed by atoms with Crippen LogP contribution in [0.25, 0.3) is 0 Å². The standard InChI is InChI=1S/C14H29NS2/c1-13(2,3)11-16-12-7-9-15(10-8-12)17-14(4,5)6/h12H,7-11H2,1-6H3. The molecule has 0 atom stereocenters. The van der Waals surface area contributed by atoms with Crippen LogP contribution in [-0.4, -0.2) is 33.1 Å². The summed E-state index contributed by atoms with van der Waals surface area (Å²) in [5, 5.41) is 0.894. The second-order valence-corrected chi connectivity index (χ2v) is 10.4. The van der Waals surface area contributed by atoms with E-state index in [-0.39, 0.29) is 0 Å². The molecule has 0 N–H and O–H groups in total. The summed E-state index contributed by atoms with van der Waals surface area (Å²) in [5.41, 5.74) is 0.474. The van der Waals surface area contributed by atoms with Crippen molar-refractivity contribution in [3.63, 3.8) is 0 Å². The van der Waals surface area contributed by atoms with E-state index in [1.807, 2.05) is 11.9 Å². The lowest BCUT2D eigenvalue weighted by Gasteiger charge is -2.35. The Morgan fingerprint density at radius 3 is 1.94 bits per heavy atom. The van der Waals surface area contributed by atoms with Crippen LogP contribution >= 0.6 is 23.7 Å². The molecule has 1 saturated heterocycles. The lowest BCUT2D eigenvalue weighted by Crippen LogP contribution is -2.33. The lowest BCUT2D eigenvalue weighted by atomic mass is 10.0. The molecule has 1 rings (SSSR count). The first kappa shape index (κ1) is 15.7. The molecule has 0 aromatic rings. The molecule has 0 amide bonds. The first-order chi connectivity index (χ1) is 7.66. The zero-order chi connectivity index (χ0) is 13.1. The number of nitrogens with zero attached hydrogens (tertiary/aromatic N) is 1. The van der Waals surface area contributed by atoms with Gasteiger partial charge < -0.3 is 0 Å². The van der Waals surface area contributed by atoms with Crippen LogP contribution in [0, 0.1) is 5.41 Å². The van der Waals surface area contributed by atoms with Crippen molar-refractivity contribution in [3.8, 4) is 0 Å². The van der Waals surface area contributed by atoms with E-state index in [9.17, 15) is 0 Å². The van der Waals surface area contributed by atoms with Gasteiger partial charge in [0, 0.05) is 23.1 Å². The van der Waals surface area contributed by atoms with E-state index < -0.39 is 0 Å². The highest BCUT2D eigenvalue weighted by Crippen LogP contribution is 2.34. The summed E-state index contributed by atoms with van der Waals surface area (Å²) in [5.74, 6) is 1.30. The number of hydrogen-bond acceptors (Lipinski definition) is 3. The van der Waals surface area contributed by atoms with Crippen LogP contribution in [0.1, 0.15) is 54.4 Å². The van der Waals surface area contributed by atoms with Gasteiger partial charge in [-0.1, -0.05) is 32.7 Å². The molecule has 0 saturated carbocycles. The summed E-state index contributed by atoms with van der Waals surface area (Å²) < 4.78 is 2.93. The van der Waals surface area contributed by atoms with Crippen LogP contribution in [0.2, 0.25) is 0 Å². The van der Waals surface area contributed by atoms with E-state index >= 15 is 0 Å². The molecule has 3 heteroatoms. The monoisotopic (exact) mass is 275 g/mol. The molecule has 1 heterocycles. The molecule has 102 valence electrons. The van der Waals surface area contributed by atoms with Crippen LogP contribution < -0.4 is 0 Å². The van der Waals surface area contributed by atoms with Crippen molar-refractivity contribution < 1.29 is 0 Å². The van der Waals surface area contributed by atoms with Gasteiger partial charge in [0.2, 0.25) is 0 Å². The summed E-state index contributed by atoms with van der Waals surface area (Å²) in [6, 6.07) is 0. The van der Waals surface area contributed by atoms with Gasteiger partial charge in [0.1, 0.15) is 0 Å². The zero-order valence-electron chi connectivity index (χ0n) is 12.4. The highest BCUT2D eigenvalue weighted by atomic mass is 32.2. The normalized spacial score (nSPS) is 20.8. The molecule has 0 aliphatic carbocycles. The molecule has 0 aromatic heterocycles. The van der Waals surface area contributed by atoms with Crippen LogP contribution in [0.3, 0.4) is 0 Å². The van der Waals surface area contributed by atoms with Crippen molar-refractivity contribution in [1.29, 1.82) is 0 Å². The average Bonchev–Trinajstić information content (AvgIpc) is 2.13. The SMILES string of the molecule is CC(C)(C)CSC1CCN(SC(C)(C)C)CC1. The van der Waals surface area contributed by atoms with Crippen LogP contribution in [0.5, 0.6) is 0 Å². The van der Waals surface area contributed by atoms with Gasteiger partial charge in [0.15, 0.2) is 0 Å². The maximum absolute atomic E-state index is 2.56. The third-order valence-electron chi connectivity index (χ3n) is 2.56. The first-order valence-electron chi connectivity index (χ1n) is 6.71. The number of piperidine rings is 1. The van der Waals surface area contributed by atoms with E-state index in [2.05, 4.69) is 57.6 Å². The largest absolute Gasteiger partial charge is 0.250 e. The minimum Gasteiger partial charge on any atom is -0.250 e. The van der Waals surface area contributed by atoms with Crippen LogP contribution in [0.4, 0.5) is 0 Å². The van der Waals surface area contributed by atoms with Gasteiger partial charge in [0.05, 0.1) is 0 Å². The van der Waals surface area contributed by atoms with Gasteiger partial charge in [0.25, 0.3) is 0 Å². The average molecular weight is 276 g/mol. The molecule has 0 bridgehead atoms. The Labute approximate surface area is 117 Å². The number of rotatable bonds is 3. The Kier molecular flexibility index (Phi) is 5.74. The summed E-state index contributed by atoms with van der Waals surface area (Å²) >= 11 is 4.22. The molecular formula is C14H29NS2. The third kappa shape index (κ3) is 7.63. The first-order valence-corrected chi connectivity index (χ1v) is 8.54. The highest BCUT2D eigenvalue weighted by Gasteiger charge is 2.24. The van der Waals surface area contributed by atoms with Crippen molar-refractivity contribution in [2.75, 3.05) is 18.8 Å². The van der Waals surface area contributed by atoms with E-state index in [0.29, 0.717) is 10.2 Å². The summed E-state index contributed by atoms with van der Waals surface area (Å²) in [6.07, 6.45) is 2.73. The van der Waals surface area contributed by atoms with E-state index in [1.165, 1.54) is 31.7 Å². The number of thioether (sulfide) groups is 1. The lowest BCUT2D eigenvalue weighted by molar-refractivity contribution is 0.382. The topological polar surface area (TPSA) is 3.24 Å². The summed E-state index contributed by atoms with van der Waals surface area (Å²) in [4.78, 5) is 0. The van der Waals surface area contributed by atoms with Gasteiger partial charge in [-0.3, -0.25) is 4.31 Å². The Hall–Kier alpha value is 0.660. The smallest absolute Gasteiger partial charge is 0.0222 e. The quantitative estimate of drug-likeness (QED) is 0.689. The molecule has 17 heavy (non-hydrogen) atoms. The van der Waals surface area contributed by atoms with Gasteiger partial charge in [-0.25, -0.2) is 0 Å². The van der Waals surface area contributed by atoms with E-state index in [4.69, 9.17) is 0 Å². The van der Waals surface area contributed by atoms with E-state index in [1.54, 1.807) is 0 Å². The Morgan fingerprint density at radius 2 is 1.53 bits per heavy atom. The zero-order valence-corrected chi connectivity index (χ0v) is 14.0. The fourth-order valence-electron chi connectivity index (χ4n) is 1.85. The second-order valence-electron chi connectivity index (χ2n) is 7.20. The third-order valence-corrected chi connectivity index (χ3v) is 5.70.